The fourth-order valence-corrected chi connectivity index (χ4v) is 3.87. The maximum absolute atomic E-state index is 12.9. The molecule has 1 aromatic rings. The quantitative estimate of drug-likeness (QED) is 0.271. The molecule has 1 aliphatic rings. The van der Waals surface area contributed by atoms with Crippen molar-refractivity contribution in [3.63, 3.8) is 0 Å². The van der Waals surface area contributed by atoms with Crippen LogP contribution in [0.5, 0.6) is 0 Å². The molecule has 1 aliphatic heterocycles. The third-order valence-electron chi connectivity index (χ3n) is 4.52. The predicted molar refractivity (Wildman–Crippen MR) is 112 cm³/mol. The van der Waals surface area contributed by atoms with E-state index in [0.29, 0.717) is 17.0 Å². The zero-order chi connectivity index (χ0) is 22.3. The number of carbonyl (C=O) groups is 2. The van der Waals surface area contributed by atoms with Crippen LogP contribution < -0.4 is 0 Å². The van der Waals surface area contributed by atoms with Crippen molar-refractivity contribution in [2.45, 2.75) is 26.7 Å². The van der Waals surface area contributed by atoms with Gasteiger partial charge in [0, 0.05) is 29.5 Å². The second-order valence-electron chi connectivity index (χ2n) is 6.37. The summed E-state index contributed by atoms with van der Waals surface area (Å²) in [6.45, 7) is 5.22. The zero-order valence-corrected chi connectivity index (χ0v) is 17.8. The van der Waals surface area contributed by atoms with Crippen molar-refractivity contribution in [3.8, 4) is 0 Å². The van der Waals surface area contributed by atoms with Crippen LogP contribution in [0.15, 0.2) is 40.5 Å². The molecule has 10 heteroatoms. The van der Waals surface area contributed by atoms with Crippen LogP contribution in [0, 0.1) is 16.0 Å². The Kier molecular flexibility index (Phi) is 8.55. The molecule has 2 atom stereocenters. The van der Waals surface area contributed by atoms with E-state index in [4.69, 9.17) is 9.47 Å². The molecule has 1 N–H and O–H groups in total. The molecule has 9 nitrogen and oxygen atoms in total. The maximum Gasteiger partial charge on any atom is 0.336 e. The lowest BCUT2D eigenvalue weighted by molar-refractivity contribution is -0.384. The summed E-state index contributed by atoms with van der Waals surface area (Å²) in [7, 11) is 0. The minimum Gasteiger partial charge on any atom is -0.465 e. The minimum absolute atomic E-state index is 0.108. The highest BCUT2D eigenvalue weighted by Gasteiger charge is 2.43. The van der Waals surface area contributed by atoms with Crippen molar-refractivity contribution in [2.75, 3.05) is 24.9 Å². The molecule has 0 aliphatic carbocycles. The Labute approximate surface area is 178 Å². The van der Waals surface area contributed by atoms with Crippen molar-refractivity contribution >= 4 is 35.1 Å². The molecule has 2 unspecified atom stereocenters. The number of aliphatic imine (C=N–C) groups is 1. The number of esters is 2. The van der Waals surface area contributed by atoms with E-state index in [9.17, 15) is 24.8 Å². The number of non-ortho nitro benzene ring substituents is 1. The largest absolute Gasteiger partial charge is 0.465 e. The first-order chi connectivity index (χ1) is 14.3. The summed E-state index contributed by atoms with van der Waals surface area (Å²) in [5.74, 6) is -3.01. The molecule has 1 aromatic carbocycles. The first-order valence-corrected chi connectivity index (χ1v) is 10.6. The monoisotopic (exact) mass is 436 g/mol. The van der Waals surface area contributed by atoms with E-state index < -0.39 is 28.7 Å². The van der Waals surface area contributed by atoms with Gasteiger partial charge in [-0.25, -0.2) is 4.79 Å². The second kappa shape index (κ2) is 10.9. The van der Waals surface area contributed by atoms with E-state index >= 15 is 0 Å². The van der Waals surface area contributed by atoms with Crippen molar-refractivity contribution in [1.29, 1.82) is 0 Å². The van der Waals surface area contributed by atoms with Crippen LogP contribution in [-0.4, -0.2) is 52.6 Å². The van der Waals surface area contributed by atoms with Crippen molar-refractivity contribution in [3.05, 3.63) is 51.2 Å². The summed E-state index contributed by atoms with van der Waals surface area (Å²) in [6, 6.07) is 5.80. The maximum atomic E-state index is 12.9. The second-order valence-corrected chi connectivity index (χ2v) is 7.33. The number of nitrogens with zero attached hydrogens (tertiary/aromatic N) is 2. The molecule has 0 amide bonds. The summed E-state index contributed by atoms with van der Waals surface area (Å²) in [5, 5.41) is 20.5. The Morgan fingerprint density at radius 3 is 2.57 bits per heavy atom. The van der Waals surface area contributed by atoms with Crippen molar-refractivity contribution < 1.29 is 29.1 Å². The van der Waals surface area contributed by atoms with Crippen molar-refractivity contribution in [2.24, 2.45) is 10.9 Å². The summed E-state index contributed by atoms with van der Waals surface area (Å²) < 4.78 is 10.4. The molecule has 0 fully saturated rings. The van der Waals surface area contributed by atoms with Gasteiger partial charge in [0.05, 0.1) is 35.3 Å². The van der Waals surface area contributed by atoms with E-state index in [1.165, 1.54) is 18.2 Å². The number of aliphatic hydroxyl groups excluding tert-OH is 1. The topological polar surface area (TPSA) is 128 Å². The Balaban J connectivity index is 2.73. The number of hydrogen-bond donors (Lipinski definition) is 1. The first-order valence-electron chi connectivity index (χ1n) is 9.40. The highest BCUT2D eigenvalue weighted by molar-refractivity contribution is 7.99. The van der Waals surface area contributed by atoms with Crippen LogP contribution in [0.2, 0.25) is 0 Å². The smallest absolute Gasteiger partial charge is 0.336 e. The Bertz CT molecular complexity index is 882. The molecular weight excluding hydrogens is 412 g/mol. The number of benzene rings is 1. The summed E-state index contributed by atoms with van der Waals surface area (Å²) in [6.07, 6.45) is 0. The first kappa shape index (κ1) is 23.6. The molecule has 0 spiro atoms. The van der Waals surface area contributed by atoms with Crippen LogP contribution >= 0.6 is 11.8 Å². The fourth-order valence-electron chi connectivity index (χ4n) is 3.37. The van der Waals surface area contributed by atoms with Gasteiger partial charge in [0.15, 0.2) is 0 Å². The summed E-state index contributed by atoms with van der Waals surface area (Å²) in [4.78, 5) is 40.9. The van der Waals surface area contributed by atoms with E-state index in [-0.39, 0.29) is 36.2 Å². The van der Waals surface area contributed by atoms with Gasteiger partial charge in [-0.15, -0.1) is 11.8 Å². The lowest BCUT2D eigenvalue weighted by Crippen LogP contribution is -2.37. The van der Waals surface area contributed by atoms with Gasteiger partial charge in [-0.2, -0.15) is 0 Å². The Morgan fingerprint density at radius 2 is 1.97 bits per heavy atom. The highest BCUT2D eigenvalue weighted by atomic mass is 32.2. The van der Waals surface area contributed by atoms with Crippen LogP contribution in [0.25, 0.3) is 0 Å². The summed E-state index contributed by atoms with van der Waals surface area (Å²) in [5.41, 5.74) is 1.17. The Hall–Kier alpha value is -2.72. The summed E-state index contributed by atoms with van der Waals surface area (Å²) >= 11 is 1.14. The molecule has 0 bridgehead atoms. The van der Waals surface area contributed by atoms with Gasteiger partial charge in [0.2, 0.25) is 0 Å². The molecule has 30 heavy (non-hydrogen) atoms. The van der Waals surface area contributed by atoms with Crippen LogP contribution in [0.1, 0.15) is 32.3 Å². The molecule has 0 radical (unpaired) electrons. The number of aliphatic hydroxyl groups is 1. The number of rotatable bonds is 9. The number of ether oxygens (including phenoxy) is 2. The van der Waals surface area contributed by atoms with E-state index in [1.54, 1.807) is 26.8 Å². The minimum atomic E-state index is -0.936. The van der Waals surface area contributed by atoms with Gasteiger partial charge >= 0.3 is 11.9 Å². The van der Waals surface area contributed by atoms with E-state index in [2.05, 4.69) is 4.99 Å². The normalized spacial score (nSPS) is 18.6. The molecule has 0 saturated heterocycles. The van der Waals surface area contributed by atoms with Crippen LogP contribution in [-0.2, 0) is 19.1 Å². The standard InChI is InChI=1S/C20H24N2O7S/c1-4-28-19(24)16-12(3)21-15(10-30-11-23)18(20(25)29-5-2)17(16)13-7-6-8-14(9-13)22(26)27/h6-9,16-17,23H,4-5,10-11H2,1-3H3. The van der Waals surface area contributed by atoms with E-state index in [1.807, 2.05) is 0 Å². The van der Waals surface area contributed by atoms with Crippen molar-refractivity contribution in [1.82, 2.24) is 0 Å². The molecule has 0 saturated carbocycles. The average molecular weight is 436 g/mol. The third-order valence-corrected chi connectivity index (χ3v) is 5.18. The zero-order valence-electron chi connectivity index (χ0n) is 17.0. The number of hydrogen-bond acceptors (Lipinski definition) is 9. The van der Waals surface area contributed by atoms with Gasteiger partial charge in [0.25, 0.3) is 5.69 Å². The van der Waals surface area contributed by atoms with Gasteiger partial charge in [0.1, 0.15) is 5.92 Å². The fraction of sp³-hybridized carbons (Fsp3) is 0.450. The average Bonchev–Trinajstić information content (AvgIpc) is 2.71. The predicted octanol–water partition coefficient (Wildman–Crippen LogP) is 2.83. The number of thioether (sulfide) groups is 1. The molecule has 162 valence electrons. The molecule has 0 aromatic heterocycles. The molecule has 2 rings (SSSR count). The number of nitro benzene ring substituents is 1. The van der Waals surface area contributed by atoms with Gasteiger partial charge in [-0.1, -0.05) is 12.1 Å². The van der Waals surface area contributed by atoms with E-state index in [0.717, 1.165) is 11.8 Å². The van der Waals surface area contributed by atoms with Gasteiger partial charge in [-0.3, -0.25) is 19.9 Å². The lowest BCUT2D eigenvalue weighted by Gasteiger charge is -2.32. The van der Waals surface area contributed by atoms with Gasteiger partial charge in [-0.05, 0) is 26.3 Å². The highest BCUT2D eigenvalue weighted by Crippen LogP contribution is 2.41. The number of carbonyl (C=O) groups excluding carboxylic acids is 2. The van der Waals surface area contributed by atoms with Gasteiger partial charge < -0.3 is 14.6 Å². The third kappa shape index (κ3) is 5.25. The van der Waals surface area contributed by atoms with Crippen LogP contribution in [0.4, 0.5) is 5.69 Å². The lowest BCUT2D eigenvalue weighted by atomic mass is 9.75. The Morgan fingerprint density at radius 1 is 1.27 bits per heavy atom. The molecule has 1 heterocycles. The SMILES string of the molecule is CCOC(=O)C1=C(CSCO)N=C(C)C(C(=O)OCC)C1c1cccc([N+](=O)[O-])c1. The molecular formula is C20H24N2O7S. The number of nitro groups is 1. The van der Waals surface area contributed by atoms with Crippen LogP contribution in [0.3, 0.4) is 0 Å².